The van der Waals surface area contributed by atoms with Crippen molar-refractivity contribution in [1.29, 1.82) is 5.26 Å². The summed E-state index contributed by atoms with van der Waals surface area (Å²) >= 11 is 0. The van der Waals surface area contributed by atoms with Crippen LogP contribution in [-0.2, 0) is 12.7 Å². The molecule has 110 valence electrons. The quantitative estimate of drug-likeness (QED) is 0.942. The van der Waals surface area contributed by atoms with Gasteiger partial charge in [0.05, 0.1) is 17.2 Å². The van der Waals surface area contributed by atoms with E-state index in [1.807, 2.05) is 11.5 Å². The summed E-state index contributed by atoms with van der Waals surface area (Å²) in [6.45, 7) is 2.90. The van der Waals surface area contributed by atoms with Crippen LogP contribution < -0.4 is 5.32 Å². The van der Waals surface area contributed by atoms with E-state index in [2.05, 4.69) is 10.3 Å². The molecule has 0 amide bonds. The highest BCUT2D eigenvalue weighted by Crippen LogP contribution is 2.33. The number of halogens is 3. The molecule has 1 aromatic carbocycles. The first-order chi connectivity index (χ1) is 9.91. The third-order valence-corrected chi connectivity index (χ3v) is 3.05. The molecule has 0 fully saturated rings. The SMILES string of the molecule is Cc1nccn1CCNc1ccc(C#N)c(C(F)(F)F)c1. The summed E-state index contributed by atoms with van der Waals surface area (Å²) in [4.78, 5) is 4.06. The van der Waals surface area contributed by atoms with Crippen molar-refractivity contribution < 1.29 is 13.2 Å². The highest BCUT2D eigenvalue weighted by atomic mass is 19.4. The monoisotopic (exact) mass is 294 g/mol. The number of nitrogens with zero attached hydrogens (tertiary/aromatic N) is 3. The smallest absolute Gasteiger partial charge is 0.383 e. The maximum Gasteiger partial charge on any atom is 0.417 e. The number of imidazole rings is 1. The van der Waals surface area contributed by atoms with E-state index >= 15 is 0 Å². The molecular weight excluding hydrogens is 281 g/mol. The number of alkyl halides is 3. The number of benzene rings is 1. The predicted molar refractivity (Wildman–Crippen MR) is 71.6 cm³/mol. The lowest BCUT2D eigenvalue weighted by Gasteiger charge is -2.12. The molecule has 1 heterocycles. The molecule has 1 N–H and O–H groups in total. The molecule has 7 heteroatoms. The van der Waals surface area contributed by atoms with Gasteiger partial charge in [0.15, 0.2) is 0 Å². The van der Waals surface area contributed by atoms with Crippen molar-refractivity contribution in [2.24, 2.45) is 0 Å². The van der Waals surface area contributed by atoms with Crippen molar-refractivity contribution in [3.8, 4) is 6.07 Å². The lowest BCUT2D eigenvalue weighted by Crippen LogP contribution is -2.13. The molecule has 0 saturated heterocycles. The second-order valence-corrected chi connectivity index (χ2v) is 4.46. The Kier molecular flexibility index (Phi) is 4.17. The topological polar surface area (TPSA) is 53.6 Å². The molecule has 0 aliphatic carbocycles. The van der Waals surface area contributed by atoms with Crippen LogP contribution in [0.3, 0.4) is 0 Å². The van der Waals surface area contributed by atoms with Crippen molar-refractivity contribution in [3.63, 3.8) is 0 Å². The number of hydrogen-bond acceptors (Lipinski definition) is 3. The Labute approximate surface area is 119 Å². The molecular formula is C14H13F3N4. The van der Waals surface area contributed by atoms with Crippen LogP contribution in [0.4, 0.5) is 18.9 Å². The average molecular weight is 294 g/mol. The van der Waals surface area contributed by atoms with Gasteiger partial charge in [-0.05, 0) is 25.1 Å². The molecule has 0 radical (unpaired) electrons. The molecule has 1 aromatic heterocycles. The van der Waals surface area contributed by atoms with E-state index in [4.69, 9.17) is 5.26 Å². The largest absolute Gasteiger partial charge is 0.417 e. The highest BCUT2D eigenvalue weighted by Gasteiger charge is 2.33. The fraction of sp³-hybridized carbons (Fsp3) is 0.286. The molecule has 0 saturated carbocycles. The van der Waals surface area contributed by atoms with Crippen molar-refractivity contribution in [2.75, 3.05) is 11.9 Å². The number of rotatable bonds is 4. The summed E-state index contributed by atoms with van der Waals surface area (Å²) in [6.07, 6.45) is -1.07. The summed E-state index contributed by atoms with van der Waals surface area (Å²) < 4.78 is 40.4. The lowest BCUT2D eigenvalue weighted by atomic mass is 10.1. The van der Waals surface area contributed by atoms with Gasteiger partial charge in [0, 0.05) is 31.2 Å². The zero-order valence-corrected chi connectivity index (χ0v) is 11.3. The standard InChI is InChI=1S/C14H13F3N4/c1-10-19-4-6-21(10)7-5-20-12-3-2-11(9-18)13(8-12)14(15,16)17/h2-4,6,8,20H,5,7H2,1H3. The number of aromatic nitrogens is 2. The van der Waals surface area contributed by atoms with Gasteiger partial charge in [-0.2, -0.15) is 18.4 Å². The van der Waals surface area contributed by atoms with Crippen molar-refractivity contribution in [3.05, 3.63) is 47.5 Å². The van der Waals surface area contributed by atoms with Crippen LogP contribution in [0, 0.1) is 18.3 Å². The summed E-state index contributed by atoms with van der Waals surface area (Å²) in [7, 11) is 0. The highest BCUT2D eigenvalue weighted by molar-refractivity contribution is 5.53. The normalized spacial score (nSPS) is 11.2. The van der Waals surface area contributed by atoms with Crippen LogP contribution in [0.5, 0.6) is 0 Å². The van der Waals surface area contributed by atoms with E-state index in [9.17, 15) is 13.2 Å². The van der Waals surface area contributed by atoms with Gasteiger partial charge in [0.1, 0.15) is 5.82 Å². The summed E-state index contributed by atoms with van der Waals surface area (Å²) in [5.74, 6) is 0.840. The van der Waals surface area contributed by atoms with Crippen molar-refractivity contribution in [2.45, 2.75) is 19.6 Å². The molecule has 0 bridgehead atoms. The van der Waals surface area contributed by atoms with Gasteiger partial charge in [0.2, 0.25) is 0 Å². The summed E-state index contributed by atoms with van der Waals surface area (Å²) in [6, 6.07) is 5.15. The third kappa shape index (κ3) is 3.54. The minimum atomic E-state index is -4.54. The second kappa shape index (κ2) is 5.87. The number of anilines is 1. The zero-order chi connectivity index (χ0) is 15.5. The van der Waals surface area contributed by atoms with E-state index in [-0.39, 0.29) is 5.56 Å². The average Bonchev–Trinajstić information content (AvgIpc) is 2.83. The van der Waals surface area contributed by atoms with Crippen molar-refractivity contribution >= 4 is 5.69 Å². The molecule has 0 spiro atoms. The van der Waals surface area contributed by atoms with Crippen LogP contribution in [0.2, 0.25) is 0 Å². The molecule has 2 aromatic rings. The maximum absolute atomic E-state index is 12.8. The van der Waals surface area contributed by atoms with Crippen LogP contribution in [0.1, 0.15) is 17.0 Å². The van der Waals surface area contributed by atoms with E-state index in [0.717, 1.165) is 11.9 Å². The number of aryl methyl sites for hydroxylation is 1. The summed E-state index contributed by atoms with van der Waals surface area (Å²) in [5, 5.41) is 11.6. The Morgan fingerprint density at radius 2 is 2.14 bits per heavy atom. The number of hydrogen-bond donors (Lipinski definition) is 1. The molecule has 0 aliphatic heterocycles. The minimum absolute atomic E-state index is 0.332. The number of nitriles is 1. The van der Waals surface area contributed by atoms with Crippen LogP contribution >= 0.6 is 0 Å². The van der Waals surface area contributed by atoms with Gasteiger partial charge in [-0.25, -0.2) is 4.98 Å². The fourth-order valence-electron chi connectivity index (χ4n) is 1.95. The molecule has 0 aliphatic rings. The summed E-state index contributed by atoms with van der Waals surface area (Å²) in [5.41, 5.74) is -0.966. The molecule has 2 rings (SSSR count). The second-order valence-electron chi connectivity index (χ2n) is 4.46. The first-order valence-electron chi connectivity index (χ1n) is 6.25. The van der Waals surface area contributed by atoms with Crippen molar-refractivity contribution in [1.82, 2.24) is 9.55 Å². The third-order valence-electron chi connectivity index (χ3n) is 3.05. The Morgan fingerprint density at radius 3 is 2.71 bits per heavy atom. The van der Waals surface area contributed by atoms with E-state index < -0.39 is 11.7 Å². The first-order valence-corrected chi connectivity index (χ1v) is 6.25. The van der Waals surface area contributed by atoms with Gasteiger partial charge in [0.25, 0.3) is 0 Å². The van der Waals surface area contributed by atoms with Crippen LogP contribution in [-0.4, -0.2) is 16.1 Å². The Hall–Kier alpha value is -2.49. The zero-order valence-electron chi connectivity index (χ0n) is 11.3. The molecule has 0 unspecified atom stereocenters. The Morgan fingerprint density at radius 1 is 1.38 bits per heavy atom. The Balaban J connectivity index is 2.08. The van der Waals surface area contributed by atoms with Gasteiger partial charge in [-0.15, -0.1) is 0 Å². The van der Waals surface area contributed by atoms with E-state index in [1.54, 1.807) is 18.5 Å². The van der Waals surface area contributed by atoms with Gasteiger partial charge < -0.3 is 9.88 Å². The van der Waals surface area contributed by atoms with E-state index in [1.165, 1.54) is 12.1 Å². The lowest BCUT2D eigenvalue weighted by molar-refractivity contribution is -0.137. The predicted octanol–water partition coefficient (Wildman–Crippen LogP) is 3.19. The van der Waals surface area contributed by atoms with E-state index in [0.29, 0.717) is 18.8 Å². The Bertz CT molecular complexity index is 668. The molecule has 21 heavy (non-hydrogen) atoms. The fourth-order valence-corrected chi connectivity index (χ4v) is 1.95. The maximum atomic E-state index is 12.8. The first kappa shape index (κ1) is 14.9. The molecule has 0 atom stereocenters. The van der Waals surface area contributed by atoms with Crippen LogP contribution in [0.15, 0.2) is 30.6 Å². The van der Waals surface area contributed by atoms with Gasteiger partial charge >= 0.3 is 6.18 Å². The van der Waals surface area contributed by atoms with Gasteiger partial charge in [-0.1, -0.05) is 0 Å². The number of nitrogens with one attached hydrogen (secondary N) is 1. The molecule has 4 nitrogen and oxygen atoms in total. The minimum Gasteiger partial charge on any atom is -0.383 e. The van der Waals surface area contributed by atoms with Crippen LogP contribution in [0.25, 0.3) is 0 Å². The van der Waals surface area contributed by atoms with Gasteiger partial charge in [-0.3, -0.25) is 0 Å².